The van der Waals surface area contributed by atoms with Crippen LogP contribution in [0, 0.1) is 18.6 Å². The zero-order chi connectivity index (χ0) is 30.8. The Morgan fingerprint density at radius 1 is 0.500 bits per heavy atom. The molecule has 46 heavy (non-hydrogen) atoms. The first kappa shape index (κ1) is 31.4. The summed E-state index contributed by atoms with van der Waals surface area (Å²) in [6.07, 6.45) is 0.700. The third-order valence-electron chi connectivity index (χ3n) is 8.36. The molecular formula is C40H30BrF2N2P. The van der Waals surface area contributed by atoms with Crippen LogP contribution in [0.1, 0.15) is 11.4 Å². The van der Waals surface area contributed by atoms with Gasteiger partial charge in [-0.3, -0.25) is 0 Å². The van der Waals surface area contributed by atoms with Crippen LogP contribution in [0.3, 0.4) is 0 Å². The Morgan fingerprint density at radius 3 is 1.26 bits per heavy atom. The molecular weight excluding hydrogens is 657 g/mol. The fraction of sp³-hybridized carbons (Fsp3) is 0.0500. The lowest BCUT2D eigenvalue weighted by atomic mass is 9.93. The Morgan fingerprint density at radius 2 is 0.870 bits per heavy atom. The first-order valence-corrected chi connectivity index (χ1v) is 16.9. The third-order valence-corrected chi connectivity index (χ3v) is 12.7. The normalized spacial score (nSPS) is 11.3. The van der Waals surface area contributed by atoms with Crippen LogP contribution < -0.4 is 32.9 Å². The molecule has 6 aromatic carbocycles. The number of hydrogen-bond donors (Lipinski definition) is 0. The zero-order valence-corrected chi connectivity index (χ0v) is 27.6. The molecule has 0 aliphatic carbocycles. The van der Waals surface area contributed by atoms with Gasteiger partial charge in [0.25, 0.3) is 0 Å². The Bertz CT molecular complexity index is 1990. The Hall–Kier alpha value is -4.57. The van der Waals surface area contributed by atoms with Crippen LogP contribution in [0.4, 0.5) is 8.78 Å². The molecule has 0 fully saturated rings. The van der Waals surface area contributed by atoms with Crippen molar-refractivity contribution in [1.82, 2.24) is 9.97 Å². The van der Waals surface area contributed by atoms with E-state index in [9.17, 15) is 8.78 Å². The number of hydrogen-bond acceptors (Lipinski definition) is 2. The van der Waals surface area contributed by atoms with Gasteiger partial charge in [-0.1, -0.05) is 78.9 Å². The van der Waals surface area contributed by atoms with Gasteiger partial charge in [-0.25, -0.2) is 18.7 Å². The van der Waals surface area contributed by atoms with E-state index in [1.807, 2.05) is 19.1 Å². The third kappa shape index (κ3) is 6.01. The van der Waals surface area contributed by atoms with Crippen molar-refractivity contribution in [2.75, 3.05) is 0 Å². The maximum absolute atomic E-state index is 13.9. The summed E-state index contributed by atoms with van der Waals surface area (Å²) in [5, 5.41) is 3.84. The lowest BCUT2D eigenvalue weighted by Crippen LogP contribution is -3.00. The van der Waals surface area contributed by atoms with E-state index in [1.54, 1.807) is 24.3 Å². The molecule has 0 spiro atoms. The molecule has 0 amide bonds. The first-order chi connectivity index (χ1) is 22.0. The lowest BCUT2D eigenvalue weighted by Gasteiger charge is -2.28. The number of rotatable bonds is 7. The van der Waals surface area contributed by atoms with Crippen molar-refractivity contribution in [3.63, 3.8) is 0 Å². The van der Waals surface area contributed by atoms with Crippen LogP contribution in [-0.2, 0) is 6.16 Å². The van der Waals surface area contributed by atoms with Crippen molar-refractivity contribution >= 4 is 34.2 Å². The molecule has 6 heteroatoms. The van der Waals surface area contributed by atoms with E-state index in [1.165, 1.54) is 40.2 Å². The van der Waals surface area contributed by atoms with Crippen LogP contribution in [0.2, 0.25) is 0 Å². The highest BCUT2D eigenvalue weighted by atomic mass is 79.9. The molecule has 2 nitrogen and oxygen atoms in total. The number of benzene rings is 6. The average Bonchev–Trinajstić information content (AvgIpc) is 3.09. The highest BCUT2D eigenvalue weighted by Gasteiger charge is 2.46. The van der Waals surface area contributed by atoms with Gasteiger partial charge in [-0.05, 0) is 102 Å². The molecule has 7 aromatic rings. The molecule has 0 N–H and O–H groups in total. The van der Waals surface area contributed by atoms with Crippen LogP contribution >= 0.6 is 7.26 Å². The Labute approximate surface area is 278 Å². The van der Waals surface area contributed by atoms with Gasteiger partial charge < -0.3 is 17.0 Å². The molecule has 0 bridgehead atoms. The molecule has 226 valence electrons. The minimum absolute atomic E-state index is 0. The number of fused-ring (bicyclic) bond motifs is 1. The van der Waals surface area contributed by atoms with Gasteiger partial charge in [0.1, 0.15) is 46.7 Å². The standard InChI is InChI=1S/C40H30F2N2P.BrH/c1-28-40(27-45(33-11-5-2-6-12-33,34-13-7-3-8-14-34)35-15-9-4-10-16-35)44-39-26-37(30-19-23-32(42)24-20-30)36(25-38(39)43-28)29-17-21-31(41)22-18-29;/h2-26H,27H2,1H3;1H/q+1;/p-1. The molecule has 0 aliphatic heterocycles. The summed E-state index contributed by atoms with van der Waals surface area (Å²) in [6, 6.07) is 49.2. The van der Waals surface area contributed by atoms with E-state index in [4.69, 9.17) is 9.97 Å². The largest absolute Gasteiger partial charge is 1.00 e. The predicted molar refractivity (Wildman–Crippen MR) is 184 cm³/mol. The summed E-state index contributed by atoms with van der Waals surface area (Å²) >= 11 is 0. The van der Waals surface area contributed by atoms with E-state index in [-0.39, 0.29) is 28.6 Å². The van der Waals surface area contributed by atoms with E-state index in [0.717, 1.165) is 44.7 Å². The maximum Gasteiger partial charge on any atom is 0.123 e. The number of aromatic nitrogens is 2. The lowest BCUT2D eigenvalue weighted by molar-refractivity contribution is -0.0000101. The second kappa shape index (κ2) is 13.4. The number of halogens is 3. The van der Waals surface area contributed by atoms with E-state index < -0.39 is 7.26 Å². The predicted octanol–water partition coefficient (Wildman–Crippen LogP) is 6.05. The van der Waals surface area contributed by atoms with Crippen LogP contribution in [0.15, 0.2) is 152 Å². The Balaban J connectivity index is 0.00000372. The molecule has 0 radical (unpaired) electrons. The summed E-state index contributed by atoms with van der Waals surface area (Å²) in [5.74, 6) is -0.603. The van der Waals surface area contributed by atoms with Crippen molar-refractivity contribution in [3.8, 4) is 22.3 Å². The zero-order valence-electron chi connectivity index (χ0n) is 25.1. The number of nitrogens with zero attached hydrogens (tertiary/aromatic N) is 2. The maximum atomic E-state index is 13.9. The summed E-state index contributed by atoms with van der Waals surface area (Å²) in [6.45, 7) is 2.03. The van der Waals surface area contributed by atoms with Gasteiger partial charge >= 0.3 is 0 Å². The highest BCUT2D eigenvalue weighted by molar-refractivity contribution is 7.95. The molecule has 0 saturated carbocycles. The van der Waals surface area contributed by atoms with Crippen LogP contribution in [-0.4, -0.2) is 9.97 Å². The van der Waals surface area contributed by atoms with E-state index in [2.05, 4.69) is 91.0 Å². The summed E-state index contributed by atoms with van der Waals surface area (Å²) in [5.41, 5.74) is 6.78. The van der Waals surface area contributed by atoms with E-state index >= 15 is 0 Å². The van der Waals surface area contributed by atoms with Crippen molar-refractivity contribution in [2.45, 2.75) is 13.1 Å². The fourth-order valence-electron chi connectivity index (χ4n) is 6.11. The van der Waals surface area contributed by atoms with Gasteiger partial charge in [0.05, 0.1) is 16.7 Å². The molecule has 1 aromatic heterocycles. The SMILES string of the molecule is Cc1nc2cc(-c3ccc(F)cc3)c(-c3ccc(F)cc3)cc2nc1C[P+](c1ccccc1)(c1ccccc1)c1ccccc1.[Br-]. The molecule has 0 unspecified atom stereocenters. The molecule has 0 atom stereocenters. The smallest absolute Gasteiger partial charge is 0.123 e. The molecule has 7 rings (SSSR count). The fourth-order valence-corrected chi connectivity index (χ4v) is 10.3. The Kier molecular flexibility index (Phi) is 9.17. The molecule has 0 saturated heterocycles. The van der Waals surface area contributed by atoms with Crippen LogP contribution in [0.5, 0.6) is 0 Å². The number of aryl methyl sites for hydroxylation is 1. The topological polar surface area (TPSA) is 25.8 Å². The van der Waals surface area contributed by atoms with Crippen molar-refractivity contribution in [3.05, 3.63) is 175 Å². The summed E-state index contributed by atoms with van der Waals surface area (Å²) in [7, 11) is -2.20. The minimum Gasteiger partial charge on any atom is -1.00 e. The average molecular weight is 688 g/mol. The van der Waals surface area contributed by atoms with Gasteiger partial charge in [0.15, 0.2) is 0 Å². The minimum atomic E-state index is -2.20. The van der Waals surface area contributed by atoms with Crippen molar-refractivity contribution in [1.29, 1.82) is 0 Å². The van der Waals surface area contributed by atoms with Gasteiger partial charge in [0, 0.05) is 0 Å². The second-order valence-corrected chi connectivity index (χ2v) is 14.6. The van der Waals surface area contributed by atoms with Gasteiger partial charge in [-0.2, -0.15) is 0 Å². The summed E-state index contributed by atoms with van der Waals surface area (Å²) < 4.78 is 27.8. The van der Waals surface area contributed by atoms with Crippen molar-refractivity contribution in [2.24, 2.45) is 0 Å². The highest BCUT2D eigenvalue weighted by Crippen LogP contribution is 2.58. The van der Waals surface area contributed by atoms with Crippen molar-refractivity contribution < 1.29 is 25.8 Å². The van der Waals surface area contributed by atoms with Gasteiger partial charge in [0.2, 0.25) is 0 Å². The first-order valence-electron chi connectivity index (χ1n) is 14.9. The second-order valence-electron chi connectivity index (χ2n) is 11.1. The van der Waals surface area contributed by atoms with Crippen LogP contribution in [0.25, 0.3) is 33.3 Å². The quantitative estimate of drug-likeness (QED) is 0.191. The van der Waals surface area contributed by atoms with E-state index in [0.29, 0.717) is 6.16 Å². The van der Waals surface area contributed by atoms with Gasteiger partial charge in [-0.15, -0.1) is 0 Å². The molecule has 0 aliphatic rings. The molecule has 1 heterocycles. The summed E-state index contributed by atoms with van der Waals surface area (Å²) in [4.78, 5) is 10.4. The monoisotopic (exact) mass is 686 g/mol.